The molecule has 7 heteroatoms. The molecular formula is C12H7BrClFN2O2. The SMILES string of the molecule is O=C(O)c1cc(F)cnc1Nc1ccc(Cl)c(Br)c1. The Balaban J connectivity index is 2.37. The summed E-state index contributed by atoms with van der Waals surface area (Å²) in [5.41, 5.74) is 0.337. The van der Waals surface area contributed by atoms with Gasteiger partial charge in [0.25, 0.3) is 0 Å². The second-order valence-electron chi connectivity index (χ2n) is 3.61. The molecule has 2 rings (SSSR count). The molecule has 1 aromatic carbocycles. The number of hydrogen-bond donors (Lipinski definition) is 2. The molecule has 0 spiro atoms. The molecule has 1 aromatic heterocycles. The van der Waals surface area contributed by atoms with Gasteiger partial charge in [-0.25, -0.2) is 14.2 Å². The summed E-state index contributed by atoms with van der Waals surface area (Å²) < 4.78 is 13.6. The molecule has 1 heterocycles. The van der Waals surface area contributed by atoms with Crippen molar-refractivity contribution in [1.29, 1.82) is 0 Å². The summed E-state index contributed by atoms with van der Waals surface area (Å²) in [5.74, 6) is -1.91. The lowest BCUT2D eigenvalue weighted by Gasteiger charge is -2.09. The van der Waals surface area contributed by atoms with Crippen molar-refractivity contribution < 1.29 is 14.3 Å². The van der Waals surface area contributed by atoms with Crippen LogP contribution in [-0.4, -0.2) is 16.1 Å². The summed E-state index contributed by atoms with van der Waals surface area (Å²) in [6.45, 7) is 0. The summed E-state index contributed by atoms with van der Waals surface area (Å²) in [4.78, 5) is 14.7. The van der Waals surface area contributed by atoms with E-state index in [0.717, 1.165) is 12.3 Å². The van der Waals surface area contributed by atoms with Crippen LogP contribution in [0.4, 0.5) is 15.9 Å². The predicted molar refractivity (Wildman–Crippen MR) is 73.6 cm³/mol. The predicted octanol–water partition coefficient (Wildman–Crippen LogP) is 4.08. The molecule has 98 valence electrons. The Labute approximate surface area is 121 Å². The van der Waals surface area contributed by atoms with Gasteiger partial charge in [0.2, 0.25) is 0 Å². The monoisotopic (exact) mass is 344 g/mol. The lowest BCUT2D eigenvalue weighted by atomic mass is 10.2. The zero-order valence-corrected chi connectivity index (χ0v) is 11.7. The minimum Gasteiger partial charge on any atom is -0.478 e. The van der Waals surface area contributed by atoms with Crippen LogP contribution in [0.25, 0.3) is 0 Å². The third-order valence-electron chi connectivity index (χ3n) is 2.27. The molecule has 0 bridgehead atoms. The number of carboxylic acids is 1. The van der Waals surface area contributed by atoms with E-state index in [4.69, 9.17) is 16.7 Å². The highest BCUT2D eigenvalue weighted by Crippen LogP contribution is 2.27. The van der Waals surface area contributed by atoms with Crippen LogP contribution in [0.5, 0.6) is 0 Å². The molecule has 0 aliphatic rings. The van der Waals surface area contributed by atoms with Crippen molar-refractivity contribution in [3.05, 3.63) is 51.3 Å². The van der Waals surface area contributed by atoms with Crippen LogP contribution in [0.1, 0.15) is 10.4 Å². The van der Waals surface area contributed by atoms with Gasteiger partial charge in [-0.05, 0) is 40.2 Å². The van der Waals surface area contributed by atoms with Gasteiger partial charge in [0.1, 0.15) is 17.2 Å². The summed E-state index contributed by atoms with van der Waals surface area (Å²) in [5, 5.41) is 12.3. The number of aromatic carboxylic acids is 1. The Morgan fingerprint density at radius 3 is 2.79 bits per heavy atom. The van der Waals surface area contributed by atoms with E-state index < -0.39 is 11.8 Å². The number of halogens is 3. The third kappa shape index (κ3) is 3.21. The minimum atomic E-state index is -1.26. The average Bonchev–Trinajstić information content (AvgIpc) is 2.36. The summed E-state index contributed by atoms with van der Waals surface area (Å²) in [6.07, 6.45) is 0.944. The molecule has 0 atom stereocenters. The molecule has 2 aromatic rings. The first-order chi connectivity index (χ1) is 8.97. The van der Waals surface area contributed by atoms with Crippen LogP contribution in [0.2, 0.25) is 5.02 Å². The maximum Gasteiger partial charge on any atom is 0.339 e. The maximum atomic E-state index is 13.0. The van der Waals surface area contributed by atoms with E-state index in [1.165, 1.54) is 0 Å². The number of nitrogens with zero attached hydrogens (tertiary/aromatic N) is 1. The number of anilines is 2. The van der Waals surface area contributed by atoms with Gasteiger partial charge in [-0.1, -0.05) is 11.6 Å². The topological polar surface area (TPSA) is 62.2 Å². The van der Waals surface area contributed by atoms with E-state index in [-0.39, 0.29) is 11.4 Å². The number of nitrogens with one attached hydrogen (secondary N) is 1. The van der Waals surface area contributed by atoms with Crippen molar-refractivity contribution in [2.45, 2.75) is 0 Å². The van der Waals surface area contributed by atoms with Crippen LogP contribution >= 0.6 is 27.5 Å². The fraction of sp³-hybridized carbons (Fsp3) is 0. The number of benzene rings is 1. The van der Waals surface area contributed by atoms with Gasteiger partial charge < -0.3 is 10.4 Å². The molecule has 0 aliphatic heterocycles. The fourth-order valence-electron chi connectivity index (χ4n) is 1.41. The van der Waals surface area contributed by atoms with E-state index in [1.54, 1.807) is 18.2 Å². The standard InChI is InChI=1S/C12H7BrClFN2O2/c13-9-4-7(1-2-10(9)14)17-11-8(12(18)19)3-6(15)5-16-11/h1-5H,(H,16,17)(H,18,19). The number of aromatic nitrogens is 1. The number of carboxylic acid groups (broad SMARTS) is 1. The van der Waals surface area contributed by atoms with Gasteiger partial charge in [0.05, 0.1) is 11.2 Å². The van der Waals surface area contributed by atoms with E-state index in [9.17, 15) is 9.18 Å². The molecule has 0 unspecified atom stereocenters. The number of hydrogen-bond acceptors (Lipinski definition) is 3. The maximum absolute atomic E-state index is 13.0. The van der Waals surface area contributed by atoms with Crippen molar-refractivity contribution in [3.8, 4) is 0 Å². The van der Waals surface area contributed by atoms with E-state index in [1.807, 2.05) is 0 Å². The average molecular weight is 346 g/mol. The summed E-state index contributed by atoms with van der Waals surface area (Å²) >= 11 is 9.10. The highest BCUT2D eigenvalue weighted by atomic mass is 79.9. The molecule has 4 nitrogen and oxygen atoms in total. The first-order valence-electron chi connectivity index (χ1n) is 5.08. The van der Waals surface area contributed by atoms with Crippen molar-refractivity contribution in [3.63, 3.8) is 0 Å². The summed E-state index contributed by atoms with van der Waals surface area (Å²) in [7, 11) is 0. The van der Waals surface area contributed by atoms with Crippen LogP contribution in [0, 0.1) is 5.82 Å². The number of rotatable bonds is 3. The van der Waals surface area contributed by atoms with Crippen LogP contribution in [0.3, 0.4) is 0 Å². The highest BCUT2D eigenvalue weighted by molar-refractivity contribution is 9.10. The first kappa shape index (κ1) is 13.8. The Hall–Kier alpha value is -1.66. The van der Waals surface area contributed by atoms with Crippen molar-refractivity contribution in [1.82, 2.24) is 4.98 Å². The zero-order valence-electron chi connectivity index (χ0n) is 9.32. The van der Waals surface area contributed by atoms with Gasteiger partial charge >= 0.3 is 5.97 Å². The third-order valence-corrected chi connectivity index (χ3v) is 3.48. The number of pyridine rings is 1. The molecular weight excluding hydrogens is 338 g/mol. The normalized spacial score (nSPS) is 10.3. The first-order valence-corrected chi connectivity index (χ1v) is 6.25. The lowest BCUT2D eigenvalue weighted by Crippen LogP contribution is -2.05. The molecule has 2 N–H and O–H groups in total. The smallest absolute Gasteiger partial charge is 0.339 e. The minimum absolute atomic E-state index is 0.0584. The van der Waals surface area contributed by atoms with Crippen LogP contribution in [0.15, 0.2) is 34.9 Å². The Bertz CT molecular complexity index is 652. The van der Waals surface area contributed by atoms with E-state index >= 15 is 0 Å². The lowest BCUT2D eigenvalue weighted by molar-refractivity contribution is 0.0697. The molecule has 0 radical (unpaired) electrons. The molecule has 0 fully saturated rings. The molecule has 19 heavy (non-hydrogen) atoms. The van der Waals surface area contributed by atoms with Crippen molar-refractivity contribution >= 4 is 45.0 Å². The van der Waals surface area contributed by atoms with E-state index in [2.05, 4.69) is 26.2 Å². The zero-order chi connectivity index (χ0) is 14.0. The van der Waals surface area contributed by atoms with Crippen molar-refractivity contribution in [2.75, 3.05) is 5.32 Å². The quantitative estimate of drug-likeness (QED) is 0.880. The second-order valence-corrected chi connectivity index (χ2v) is 4.87. The van der Waals surface area contributed by atoms with Gasteiger partial charge in [0, 0.05) is 10.2 Å². The fourth-order valence-corrected chi connectivity index (χ4v) is 1.91. The number of carbonyl (C=O) groups is 1. The Morgan fingerprint density at radius 2 is 2.16 bits per heavy atom. The van der Waals surface area contributed by atoms with E-state index in [0.29, 0.717) is 15.2 Å². The van der Waals surface area contributed by atoms with Gasteiger partial charge in [-0.15, -0.1) is 0 Å². The molecule has 0 saturated carbocycles. The highest BCUT2D eigenvalue weighted by Gasteiger charge is 2.13. The molecule has 0 saturated heterocycles. The van der Waals surface area contributed by atoms with Crippen LogP contribution < -0.4 is 5.32 Å². The Morgan fingerprint density at radius 1 is 1.42 bits per heavy atom. The van der Waals surface area contributed by atoms with Gasteiger partial charge in [-0.3, -0.25) is 0 Å². The largest absolute Gasteiger partial charge is 0.478 e. The van der Waals surface area contributed by atoms with Gasteiger partial charge in [0.15, 0.2) is 0 Å². The summed E-state index contributed by atoms with van der Waals surface area (Å²) in [6, 6.07) is 5.86. The van der Waals surface area contributed by atoms with Crippen LogP contribution in [-0.2, 0) is 0 Å². The Kier molecular flexibility index (Phi) is 4.01. The molecule has 0 aliphatic carbocycles. The second kappa shape index (κ2) is 5.54. The van der Waals surface area contributed by atoms with Gasteiger partial charge in [-0.2, -0.15) is 0 Å². The molecule has 0 amide bonds. The van der Waals surface area contributed by atoms with Crippen molar-refractivity contribution in [2.24, 2.45) is 0 Å².